The van der Waals surface area contributed by atoms with Gasteiger partial charge in [0.05, 0.1) is 24.4 Å². The van der Waals surface area contributed by atoms with Crippen LogP contribution in [0.15, 0.2) is 61.1 Å². The molecule has 2 heterocycles. The van der Waals surface area contributed by atoms with Crippen molar-refractivity contribution < 1.29 is 28.8 Å². The molecule has 0 fully saturated rings. The summed E-state index contributed by atoms with van der Waals surface area (Å²) in [7, 11) is 1.21. The number of methoxy groups -OCH3 is 1. The Hall–Kier alpha value is -4.74. The van der Waals surface area contributed by atoms with Crippen molar-refractivity contribution in [3.8, 4) is 5.75 Å². The first kappa shape index (κ1) is 26.3. The molecule has 38 heavy (non-hydrogen) atoms. The number of esters is 1. The molecule has 12 heteroatoms. The molecular weight excluding hydrogens is 494 g/mol. The fourth-order valence-electron chi connectivity index (χ4n) is 4.57. The minimum Gasteiger partial charge on any atom is -0.491 e. The topological polar surface area (TPSA) is 157 Å². The lowest BCUT2D eigenvalue weighted by molar-refractivity contribution is -0.384. The summed E-state index contributed by atoms with van der Waals surface area (Å²) in [4.78, 5) is 58.7. The fourth-order valence-corrected chi connectivity index (χ4v) is 4.57. The van der Waals surface area contributed by atoms with Crippen LogP contribution in [0.3, 0.4) is 0 Å². The lowest BCUT2D eigenvalue weighted by Gasteiger charge is -2.36. The molecule has 4 rings (SSSR count). The molecule has 0 saturated carbocycles. The lowest BCUT2D eigenvalue weighted by atomic mass is 9.98. The van der Waals surface area contributed by atoms with Crippen molar-refractivity contribution in [2.75, 3.05) is 13.7 Å². The second kappa shape index (κ2) is 11.5. The smallest absolute Gasteiger partial charge is 0.329 e. The third-order valence-corrected chi connectivity index (χ3v) is 6.29. The maximum Gasteiger partial charge on any atom is 0.329 e. The number of nitro groups is 1. The number of carbonyl (C=O) groups excluding carboxylic acids is 3. The summed E-state index contributed by atoms with van der Waals surface area (Å²) in [5, 5.41) is 14.2. The Balaban J connectivity index is 1.81. The molecule has 2 aromatic carbocycles. The van der Waals surface area contributed by atoms with E-state index in [4.69, 9.17) is 9.47 Å². The molecule has 3 atom stereocenters. The van der Waals surface area contributed by atoms with Gasteiger partial charge in [0, 0.05) is 49.4 Å². The van der Waals surface area contributed by atoms with Gasteiger partial charge in [-0.1, -0.05) is 30.3 Å². The molecule has 0 bridgehead atoms. The minimum atomic E-state index is -1.15. The number of rotatable bonds is 10. The minimum absolute atomic E-state index is 0.0251. The maximum absolute atomic E-state index is 14.3. The van der Waals surface area contributed by atoms with E-state index in [0.29, 0.717) is 17.0 Å². The van der Waals surface area contributed by atoms with Gasteiger partial charge in [-0.05, 0) is 11.6 Å². The van der Waals surface area contributed by atoms with Gasteiger partial charge in [0.25, 0.3) is 5.69 Å². The van der Waals surface area contributed by atoms with Crippen molar-refractivity contribution in [3.05, 3.63) is 88.0 Å². The van der Waals surface area contributed by atoms with Crippen molar-refractivity contribution in [3.63, 3.8) is 0 Å². The number of nitro benzene ring substituents is 1. The summed E-state index contributed by atoms with van der Waals surface area (Å²) in [6.07, 6.45) is 3.15. The molecule has 2 amide bonds. The van der Waals surface area contributed by atoms with E-state index in [2.05, 4.69) is 15.3 Å². The van der Waals surface area contributed by atoms with E-state index in [1.807, 2.05) is 30.3 Å². The third-order valence-electron chi connectivity index (χ3n) is 6.29. The van der Waals surface area contributed by atoms with E-state index in [9.17, 15) is 24.5 Å². The quantitative estimate of drug-likeness (QED) is 0.233. The maximum atomic E-state index is 14.3. The third kappa shape index (κ3) is 5.80. The molecule has 0 saturated heterocycles. The van der Waals surface area contributed by atoms with E-state index in [1.54, 1.807) is 0 Å². The SMILES string of the molecule is COC(=O)[C@H](Cc1cnc[nH]1)N(C(=O)C(Cc1ccccc1)NC(C)=O)[C@@H]1COc2ccc([N+](=O)[O-])cc21. The number of hydrogen-bond donors (Lipinski definition) is 2. The molecule has 198 valence electrons. The Morgan fingerprint density at radius 3 is 2.63 bits per heavy atom. The first-order valence-electron chi connectivity index (χ1n) is 11.9. The van der Waals surface area contributed by atoms with Gasteiger partial charge in [-0.25, -0.2) is 9.78 Å². The van der Waals surface area contributed by atoms with E-state index in [1.165, 1.54) is 49.7 Å². The van der Waals surface area contributed by atoms with Crippen molar-refractivity contribution in [2.45, 2.75) is 37.9 Å². The van der Waals surface area contributed by atoms with Crippen LogP contribution >= 0.6 is 0 Å². The molecule has 1 unspecified atom stereocenters. The Labute approximate surface area is 218 Å². The Kier molecular flexibility index (Phi) is 8.00. The van der Waals surface area contributed by atoms with Gasteiger partial charge in [0.1, 0.15) is 24.4 Å². The molecule has 0 radical (unpaired) electrons. The summed E-state index contributed by atoms with van der Waals surface area (Å²) in [5.74, 6) is -1.33. The number of fused-ring (bicyclic) bond motifs is 1. The summed E-state index contributed by atoms with van der Waals surface area (Å²) in [6.45, 7) is 1.26. The first-order valence-corrected chi connectivity index (χ1v) is 11.9. The van der Waals surface area contributed by atoms with Gasteiger partial charge in [-0.15, -0.1) is 0 Å². The molecule has 12 nitrogen and oxygen atoms in total. The number of non-ortho nitro benzene ring substituents is 1. The molecule has 1 aliphatic heterocycles. The molecule has 2 N–H and O–H groups in total. The van der Waals surface area contributed by atoms with Crippen LogP contribution in [0, 0.1) is 10.1 Å². The number of benzene rings is 2. The molecule has 0 spiro atoms. The first-order chi connectivity index (χ1) is 18.3. The second-order valence-corrected chi connectivity index (χ2v) is 8.81. The Bertz CT molecular complexity index is 1310. The Morgan fingerprint density at radius 2 is 2.00 bits per heavy atom. The molecule has 1 aliphatic rings. The number of aromatic nitrogens is 2. The van der Waals surface area contributed by atoms with Gasteiger partial charge in [-0.2, -0.15) is 0 Å². The average Bonchev–Trinajstić information content (AvgIpc) is 3.57. The monoisotopic (exact) mass is 521 g/mol. The number of carbonyl (C=O) groups is 3. The van der Waals surface area contributed by atoms with Crippen LogP contribution in [0.2, 0.25) is 0 Å². The largest absolute Gasteiger partial charge is 0.491 e. The molecule has 3 aromatic rings. The van der Waals surface area contributed by atoms with Gasteiger partial charge in [-0.3, -0.25) is 19.7 Å². The van der Waals surface area contributed by atoms with Crippen LogP contribution in [0.25, 0.3) is 0 Å². The van der Waals surface area contributed by atoms with Crippen molar-refractivity contribution in [1.29, 1.82) is 0 Å². The zero-order valence-electron chi connectivity index (χ0n) is 20.8. The van der Waals surface area contributed by atoms with Gasteiger partial charge >= 0.3 is 5.97 Å². The van der Waals surface area contributed by atoms with Crippen LogP contribution in [0.5, 0.6) is 5.75 Å². The zero-order chi connectivity index (χ0) is 27.2. The number of hydrogen-bond acceptors (Lipinski definition) is 8. The molecular formula is C26H27N5O7. The number of nitrogens with one attached hydrogen (secondary N) is 2. The highest BCUT2D eigenvalue weighted by Crippen LogP contribution is 2.40. The van der Waals surface area contributed by atoms with Gasteiger partial charge < -0.3 is 24.7 Å². The van der Waals surface area contributed by atoms with Crippen LogP contribution in [0.4, 0.5) is 5.69 Å². The summed E-state index contributed by atoms with van der Waals surface area (Å²) in [6, 6.07) is 10.2. The van der Waals surface area contributed by atoms with Crippen molar-refractivity contribution in [2.24, 2.45) is 0 Å². The molecule has 0 aliphatic carbocycles. The number of H-pyrrole nitrogens is 1. The van der Waals surface area contributed by atoms with E-state index in [0.717, 1.165) is 5.56 Å². The summed E-state index contributed by atoms with van der Waals surface area (Å²) in [5.41, 5.74) is 1.56. The van der Waals surface area contributed by atoms with Crippen molar-refractivity contribution >= 4 is 23.5 Å². The highest BCUT2D eigenvalue weighted by atomic mass is 16.6. The van der Waals surface area contributed by atoms with Crippen LogP contribution in [-0.2, 0) is 32.0 Å². The number of imidazole rings is 1. The number of amides is 2. The number of nitrogens with zero attached hydrogens (tertiary/aromatic N) is 3. The van der Waals surface area contributed by atoms with Gasteiger partial charge in [0.2, 0.25) is 11.8 Å². The number of aromatic amines is 1. The highest BCUT2D eigenvalue weighted by Gasteiger charge is 2.43. The van der Waals surface area contributed by atoms with Crippen LogP contribution in [-0.4, -0.2) is 63.4 Å². The van der Waals surface area contributed by atoms with Gasteiger partial charge in [0.15, 0.2) is 0 Å². The van der Waals surface area contributed by atoms with Crippen LogP contribution < -0.4 is 10.1 Å². The molecule has 1 aromatic heterocycles. The highest BCUT2D eigenvalue weighted by molar-refractivity contribution is 5.91. The summed E-state index contributed by atoms with van der Waals surface area (Å²) < 4.78 is 10.9. The predicted octanol–water partition coefficient (Wildman–Crippen LogP) is 2.11. The van der Waals surface area contributed by atoms with E-state index < -0.39 is 40.8 Å². The number of ether oxygens (including phenoxy) is 2. The van der Waals surface area contributed by atoms with E-state index in [-0.39, 0.29) is 25.1 Å². The lowest BCUT2D eigenvalue weighted by Crippen LogP contribution is -2.56. The summed E-state index contributed by atoms with van der Waals surface area (Å²) >= 11 is 0. The van der Waals surface area contributed by atoms with Crippen LogP contribution in [0.1, 0.15) is 29.8 Å². The van der Waals surface area contributed by atoms with E-state index >= 15 is 0 Å². The van der Waals surface area contributed by atoms with Crippen molar-refractivity contribution in [1.82, 2.24) is 20.2 Å². The fraction of sp³-hybridized carbons (Fsp3) is 0.308. The zero-order valence-corrected chi connectivity index (χ0v) is 20.8. The normalized spacial score (nSPS) is 15.5. The second-order valence-electron chi connectivity index (χ2n) is 8.81. The Morgan fingerprint density at radius 1 is 1.24 bits per heavy atom. The standard InChI is InChI=1S/C26H27N5O7/c1-16(32)29-21(10-17-6-4-3-5-7-17)25(33)30(22(26(34)37-2)11-18-13-27-15-28-18)23-14-38-24-9-8-19(31(35)36)12-20(23)24/h3-9,12-13,15,21-23H,10-11,14H2,1-2H3,(H,27,28)(H,29,32)/t21?,22-,23+/m0/s1. The average molecular weight is 522 g/mol. The predicted molar refractivity (Wildman–Crippen MR) is 134 cm³/mol.